The van der Waals surface area contributed by atoms with E-state index in [1.807, 2.05) is 37.4 Å². The molecule has 6 heteroatoms. The zero-order valence-electron chi connectivity index (χ0n) is 12.0. The number of amides is 1. The fraction of sp³-hybridized carbons (Fsp3) is 0.267. The minimum atomic E-state index is -0.0715. The molecule has 1 aromatic heterocycles. The van der Waals surface area contributed by atoms with Gasteiger partial charge < -0.3 is 10.6 Å². The number of aryl methyl sites for hydroxylation is 1. The molecule has 0 aliphatic carbocycles. The van der Waals surface area contributed by atoms with Gasteiger partial charge in [-0.05, 0) is 24.6 Å². The Balaban J connectivity index is 1.78. The minimum absolute atomic E-state index is 0.00169. The van der Waals surface area contributed by atoms with E-state index < -0.39 is 0 Å². The van der Waals surface area contributed by atoms with Crippen molar-refractivity contribution in [1.82, 2.24) is 15.3 Å². The smallest absolute Gasteiger partial charge is 0.221 e. The van der Waals surface area contributed by atoms with E-state index in [-0.39, 0.29) is 12.1 Å². The topological polar surface area (TPSA) is 78.9 Å². The second-order valence-corrected chi connectivity index (χ2v) is 5.05. The van der Waals surface area contributed by atoms with Gasteiger partial charge in [-0.1, -0.05) is 12.1 Å². The fourth-order valence-corrected chi connectivity index (χ4v) is 2.31. The fourth-order valence-electron chi connectivity index (χ4n) is 2.31. The van der Waals surface area contributed by atoms with E-state index in [0.717, 1.165) is 35.0 Å². The molecule has 0 spiro atoms. The minimum Gasteiger partial charge on any atom is -0.350 e. The lowest BCUT2D eigenvalue weighted by atomic mass is 10.1. The van der Waals surface area contributed by atoms with Crippen molar-refractivity contribution in [1.29, 1.82) is 0 Å². The van der Waals surface area contributed by atoms with Crippen molar-refractivity contribution < 1.29 is 4.79 Å². The van der Waals surface area contributed by atoms with Crippen molar-refractivity contribution in [3.63, 3.8) is 0 Å². The number of fused-ring (bicyclic) bond motifs is 1. The summed E-state index contributed by atoms with van der Waals surface area (Å²) in [5.41, 5.74) is 2.94. The molecule has 3 N–H and O–H groups in total. The molecule has 3 rings (SSSR count). The Kier molecular flexibility index (Phi) is 3.53. The van der Waals surface area contributed by atoms with Crippen molar-refractivity contribution >= 4 is 17.4 Å². The molecule has 0 bridgehead atoms. The number of aromatic nitrogens is 2. The van der Waals surface area contributed by atoms with Gasteiger partial charge in [-0.25, -0.2) is 9.97 Å². The number of nitrogens with one attached hydrogen (secondary N) is 3. The van der Waals surface area contributed by atoms with Crippen LogP contribution in [-0.4, -0.2) is 15.9 Å². The average molecular weight is 283 g/mol. The summed E-state index contributed by atoms with van der Waals surface area (Å²) in [6.07, 6.45) is 1.84. The molecular formula is C15H17N5O. The Morgan fingerprint density at radius 2 is 2.10 bits per heavy atom. The van der Waals surface area contributed by atoms with Gasteiger partial charge in [-0.15, -0.1) is 0 Å². The quantitative estimate of drug-likeness (QED) is 0.785. The van der Waals surface area contributed by atoms with Crippen molar-refractivity contribution in [2.45, 2.75) is 26.6 Å². The summed E-state index contributed by atoms with van der Waals surface area (Å²) < 4.78 is 0. The number of carbonyl (C=O) groups is 1. The Morgan fingerprint density at radius 1 is 1.33 bits per heavy atom. The third kappa shape index (κ3) is 3.00. The molecule has 6 nitrogen and oxygen atoms in total. The van der Waals surface area contributed by atoms with Crippen LogP contribution in [0.1, 0.15) is 30.0 Å². The molecular weight excluding hydrogens is 266 g/mol. The van der Waals surface area contributed by atoms with Crippen LogP contribution in [0, 0.1) is 6.92 Å². The monoisotopic (exact) mass is 283 g/mol. The Labute approximate surface area is 123 Å². The van der Waals surface area contributed by atoms with E-state index in [9.17, 15) is 4.79 Å². The highest BCUT2D eigenvalue weighted by Crippen LogP contribution is 2.25. The number of benzene rings is 1. The predicted octanol–water partition coefficient (Wildman–Crippen LogP) is 1.96. The van der Waals surface area contributed by atoms with Crippen LogP contribution in [-0.2, 0) is 11.3 Å². The molecule has 0 unspecified atom stereocenters. The highest BCUT2D eigenvalue weighted by Gasteiger charge is 2.19. The average Bonchev–Trinajstić information content (AvgIpc) is 2.46. The summed E-state index contributed by atoms with van der Waals surface area (Å²) in [5, 5.41) is 9.52. The maximum atomic E-state index is 11.0. The number of rotatable bonds is 2. The SMILES string of the molecule is CC(=O)Nc1ccc([C@@H]2NCc3cnc(C)nc3N2)cc1. The van der Waals surface area contributed by atoms with Crippen LogP contribution in [0.2, 0.25) is 0 Å². The van der Waals surface area contributed by atoms with E-state index in [1.165, 1.54) is 6.92 Å². The normalized spacial score (nSPS) is 16.8. The van der Waals surface area contributed by atoms with Gasteiger partial charge in [0.25, 0.3) is 0 Å². The van der Waals surface area contributed by atoms with Crippen molar-refractivity contribution in [3.05, 3.63) is 47.4 Å². The van der Waals surface area contributed by atoms with E-state index in [4.69, 9.17) is 0 Å². The molecule has 2 heterocycles. The van der Waals surface area contributed by atoms with E-state index in [1.54, 1.807) is 0 Å². The summed E-state index contributed by atoms with van der Waals surface area (Å²) in [6, 6.07) is 7.74. The van der Waals surface area contributed by atoms with E-state index in [0.29, 0.717) is 0 Å². The zero-order chi connectivity index (χ0) is 14.8. The van der Waals surface area contributed by atoms with Gasteiger partial charge in [0.05, 0.1) is 0 Å². The lowest BCUT2D eigenvalue weighted by Crippen LogP contribution is -2.33. The summed E-state index contributed by atoms with van der Waals surface area (Å²) in [7, 11) is 0. The van der Waals surface area contributed by atoms with Crippen molar-refractivity contribution in [3.8, 4) is 0 Å². The maximum absolute atomic E-state index is 11.0. The molecule has 1 aromatic carbocycles. The van der Waals surface area contributed by atoms with E-state index in [2.05, 4.69) is 25.9 Å². The van der Waals surface area contributed by atoms with Crippen LogP contribution in [0.15, 0.2) is 30.5 Å². The molecule has 108 valence electrons. The first-order valence-electron chi connectivity index (χ1n) is 6.82. The summed E-state index contributed by atoms with van der Waals surface area (Å²) >= 11 is 0. The Bertz CT molecular complexity index is 668. The molecule has 0 saturated heterocycles. The summed E-state index contributed by atoms with van der Waals surface area (Å²) in [6.45, 7) is 4.10. The second kappa shape index (κ2) is 5.49. The first-order chi connectivity index (χ1) is 10.1. The van der Waals surface area contributed by atoms with Crippen LogP contribution in [0.5, 0.6) is 0 Å². The van der Waals surface area contributed by atoms with Gasteiger partial charge in [0.2, 0.25) is 5.91 Å². The molecule has 1 aliphatic heterocycles. The van der Waals surface area contributed by atoms with Crippen LogP contribution >= 0.6 is 0 Å². The van der Waals surface area contributed by atoms with Gasteiger partial charge in [-0.2, -0.15) is 0 Å². The van der Waals surface area contributed by atoms with Gasteiger partial charge in [0, 0.05) is 30.9 Å². The van der Waals surface area contributed by atoms with Gasteiger partial charge in [0.1, 0.15) is 17.8 Å². The first kappa shape index (κ1) is 13.5. The first-order valence-corrected chi connectivity index (χ1v) is 6.82. The molecule has 0 fully saturated rings. The number of carbonyl (C=O) groups excluding carboxylic acids is 1. The van der Waals surface area contributed by atoms with Gasteiger partial charge in [-0.3, -0.25) is 10.1 Å². The maximum Gasteiger partial charge on any atom is 0.221 e. The number of nitrogens with zero attached hydrogens (tertiary/aromatic N) is 2. The highest BCUT2D eigenvalue weighted by molar-refractivity contribution is 5.88. The van der Waals surface area contributed by atoms with Gasteiger partial charge in [0.15, 0.2) is 0 Å². The van der Waals surface area contributed by atoms with Crippen LogP contribution in [0.4, 0.5) is 11.5 Å². The zero-order valence-corrected chi connectivity index (χ0v) is 12.0. The van der Waals surface area contributed by atoms with Crippen LogP contribution < -0.4 is 16.0 Å². The van der Waals surface area contributed by atoms with E-state index >= 15 is 0 Å². The second-order valence-electron chi connectivity index (χ2n) is 5.05. The number of hydrogen-bond donors (Lipinski definition) is 3. The largest absolute Gasteiger partial charge is 0.350 e. The lowest BCUT2D eigenvalue weighted by Gasteiger charge is -2.27. The number of hydrogen-bond acceptors (Lipinski definition) is 5. The van der Waals surface area contributed by atoms with Crippen molar-refractivity contribution in [2.24, 2.45) is 0 Å². The standard InChI is InChI=1S/C15H17N5O/c1-9-16-7-12-8-17-14(20-15(12)18-9)11-3-5-13(6-4-11)19-10(2)21/h3-7,14,17H,8H2,1-2H3,(H,19,21)(H,16,18,20)/t14-/m1/s1. The number of anilines is 2. The molecule has 0 saturated carbocycles. The summed E-state index contributed by atoms with van der Waals surface area (Å²) in [4.78, 5) is 19.6. The Morgan fingerprint density at radius 3 is 2.81 bits per heavy atom. The molecule has 1 atom stereocenters. The predicted molar refractivity (Wildman–Crippen MR) is 80.7 cm³/mol. The molecule has 2 aromatic rings. The molecule has 21 heavy (non-hydrogen) atoms. The third-order valence-electron chi connectivity index (χ3n) is 3.33. The summed E-state index contributed by atoms with van der Waals surface area (Å²) in [5.74, 6) is 1.55. The van der Waals surface area contributed by atoms with Crippen LogP contribution in [0.3, 0.4) is 0 Å². The van der Waals surface area contributed by atoms with Crippen molar-refractivity contribution in [2.75, 3.05) is 10.6 Å². The van der Waals surface area contributed by atoms with Gasteiger partial charge >= 0.3 is 0 Å². The van der Waals surface area contributed by atoms with Crippen LogP contribution in [0.25, 0.3) is 0 Å². The third-order valence-corrected chi connectivity index (χ3v) is 3.33. The molecule has 1 aliphatic rings. The Hall–Kier alpha value is -2.47. The highest BCUT2D eigenvalue weighted by atomic mass is 16.1. The molecule has 0 radical (unpaired) electrons. The molecule has 1 amide bonds. The lowest BCUT2D eigenvalue weighted by molar-refractivity contribution is -0.114.